The van der Waals surface area contributed by atoms with E-state index in [9.17, 15) is 14.7 Å². The Kier molecular flexibility index (Phi) is 4.26. The Morgan fingerprint density at radius 2 is 2.10 bits per heavy atom. The monoisotopic (exact) mass is 280 g/mol. The number of amides is 2. The van der Waals surface area contributed by atoms with E-state index in [0.29, 0.717) is 18.7 Å². The van der Waals surface area contributed by atoms with Crippen LogP contribution in [-0.2, 0) is 18.4 Å². The number of aryl methyl sites for hydroxylation is 1. The van der Waals surface area contributed by atoms with Gasteiger partial charge in [-0.15, -0.1) is 0 Å². The number of carbonyl (C=O) groups excluding carboxylic acids is 1. The zero-order valence-electron chi connectivity index (χ0n) is 11.6. The summed E-state index contributed by atoms with van der Waals surface area (Å²) in [5, 5.41) is 14.7. The van der Waals surface area contributed by atoms with E-state index in [1.165, 1.54) is 0 Å². The number of carboxylic acid groups (broad SMARTS) is 1. The van der Waals surface area contributed by atoms with Crippen molar-refractivity contribution in [2.45, 2.75) is 44.2 Å². The lowest BCUT2D eigenvalue weighted by atomic mass is 9.82. The lowest BCUT2D eigenvalue weighted by molar-refractivity contribution is -0.145. The van der Waals surface area contributed by atoms with Crippen molar-refractivity contribution in [3.8, 4) is 0 Å². The number of aliphatic carboxylic acids is 1. The van der Waals surface area contributed by atoms with Crippen LogP contribution < -0.4 is 10.6 Å². The van der Waals surface area contributed by atoms with Crippen molar-refractivity contribution in [1.29, 1.82) is 0 Å². The third-order valence-corrected chi connectivity index (χ3v) is 3.80. The summed E-state index contributed by atoms with van der Waals surface area (Å²) < 4.78 is 1.80. The zero-order valence-corrected chi connectivity index (χ0v) is 11.6. The third kappa shape index (κ3) is 3.09. The van der Waals surface area contributed by atoms with Gasteiger partial charge >= 0.3 is 12.0 Å². The standard InChI is InChI=1S/C13H20N4O3/c1-17-8-7-14-10(17)9-15-12(20)16-13(11(18)19)5-3-2-4-6-13/h7-8H,2-6,9H2,1H3,(H,18,19)(H2,15,16,20). The lowest BCUT2D eigenvalue weighted by Crippen LogP contribution is -2.58. The predicted octanol–water partition coefficient (Wildman–Crippen LogP) is 1.01. The Morgan fingerprint density at radius 3 is 2.65 bits per heavy atom. The molecule has 1 fully saturated rings. The molecule has 20 heavy (non-hydrogen) atoms. The highest BCUT2D eigenvalue weighted by Gasteiger charge is 2.40. The number of rotatable bonds is 4. The van der Waals surface area contributed by atoms with Crippen molar-refractivity contribution in [2.75, 3.05) is 0 Å². The van der Waals surface area contributed by atoms with E-state index in [-0.39, 0.29) is 6.54 Å². The van der Waals surface area contributed by atoms with E-state index < -0.39 is 17.5 Å². The molecule has 1 aliphatic carbocycles. The Hall–Kier alpha value is -2.05. The van der Waals surface area contributed by atoms with E-state index in [1.807, 2.05) is 7.05 Å². The van der Waals surface area contributed by atoms with Gasteiger partial charge in [-0.3, -0.25) is 0 Å². The fraction of sp³-hybridized carbons (Fsp3) is 0.615. The Balaban J connectivity index is 1.92. The molecule has 7 heteroatoms. The van der Waals surface area contributed by atoms with Gasteiger partial charge in [0.05, 0.1) is 6.54 Å². The Bertz CT molecular complexity index is 492. The minimum atomic E-state index is -1.12. The highest BCUT2D eigenvalue weighted by atomic mass is 16.4. The summed E-state index contributed by atoms with van der Waals surface area (Å²) >= 11 is 0. The number of hydrogen-bond donors (Lipinski definition) is 3. The molecule has 0 aromatic carbocycles. The van der Waals surface area contributed by atoms with Crippen LogP contribution in [0.3, 0.4) is 0 Å². The molecule has 1 aromatic heterocycles. The number of aromatic nitrogens is 2. The SMILES string of the molecule is Cn1ccnc1CNC(=O)NC1(C(=O)O)CCCCC1. The number of nitrogens with one attached hydrogen (secondary N) is 2. The maximum absolute atomic E-state index is 11.9. The van der Waals surface area contributed by atoms with Crippen LogP contribution in [0.4, 0.5) is 4.79 Å². The topological polar surface area (TPSA) is 96.3 Å². The molecule has 0 aliphatic heterocycles. The second-order valence-electron chi connectivity index (χ2n) is 5.21. The molecule has 0 atom stereocenters. The van der Waals surface area contributed by atoms with Crippen molar-refractivity contribution in [3.63, 3.8) is 0 Å². The van der Waals surface area contributed by atoms with Crippen LogP contribution in [0.5, 0.6) is 0 Å². The van der Waals surface area contributed by atoms with Gasteiger partial charge in [-0.05, 0) is 12.8 Å². The van der Waals surface area contributed by atoms with E-state index in [1.54, 1.807) is 17.0 Å². The molecule has 7 nitrogen and oxygen atoms in total. The van der Waals surface area contributed by atoms with Crippen LogP contribution in [-0.4, -0.2) is 32.2 Å². The number of carbonyl (C=O) groups is 2. The van der Waals surface area contributed by atoms with Crippen molar-refractivity contribution in [1.82, 2.24) is 20.2 Å². The molecule has 0 unspecified atom stereocenters. The summed E-state index contributed by atoms with van der Waals surface area (Å²) in [4.78, 5) is 27.4. The fourth-order valence-electron chi connectivity index (χ4n) is 2.54. The molecule has 2 amide bonds. The van der Waals surface area contributed by atoms with Crippen LogP contribution in [0.25, 0.3) is 0 Å². The quantitative estimate of drug-likeness (QED) is 0.766. The van der Waals surface area contributed by atoms with Gasteiger partial charge in [0.25, 0.3) is 0 Å². The summed E-state index contributed by atoms with van der Waals surface area (Å²) in [5.74, 6) is -0.238. The summed E-state index contributed by atoms with van der Waals surface area (Å²) in [6.07, 6.45) is 7.07. The first-order valence-electron chi connectivity index (χ1n) is 6.79. The van der Waals surface area contributed by atoms with Crippen molar-refractivity contribution < 1.29 is 14.7 Å². The first-order valence-corrected chi connectivity index (χ1v) is 6.79. The van der Waals surface area contributed by atoms with Gasteiger partial charge in [0.15, 0.2) is 0 Å². The summed E-state index contributed by atoms with van der Waals surface area (Å²) in [5.41, 5.74) is -1.12. The van der Waals surface area contributed by atoms with Gasteiger partial charge < -0.3 is 20.3 Å². The molecule has 1 heterocycles. The smallest absolute Gasteiger partial charge is 0.329 e. The highest BCUT2D eigenvalue weighted by Crippen LogP contribution is 2.28. The molecule has 1 aromatic rings. The molecule has 0 saturated heterocycles. The summed E-state index contributed by atoms with van der Waals surface area (Å²) in [6.45, 7) is 0.269. The molecule has 0 bridgehead atoms. The van der Waals surface area contributed by atoms with E-state index >= 15 is 0 Å². The number of urea groups is 1. The lowest BCUT2D eigenvalue weighted by Gasteiger charge is -2.33. The van der Waals surface area contributed by atoms with Crippen molar-refractivity contribution >= 4 is 12.0 Å². The van der Waals surface area contributed by atoms with E-state index in [2.05, 4.69) is 15.6 Å². The minimum Gasteiger partial charge on any atom is -0.480 e. The summed E-state index contributed by atoms with van der Waals surface area (Å²) in [6, 6.07) is -0.461. The van der Waals surface area contributed by atoms with Crippen LogP contribution in [0.15, 0.2) is 12.4 Å². The second kappa shape index (κ2) is 5.94. The largest absolute Gasteiger partial charge is 0.480 e. The molecule has 3 N–H and O–H groups in total. The predicted molar refractivity (Wildman–Crippen MR) is 72.0 cm³/mol. The summed E-state index contributed by atoms with van der Waals surface area (Å²) in [7, 11) is 1.84. The average molecular weight is 280 g/mol. The molecular weight excluding hydrogens is 260 g/mol. The molecule has 0 spiro atoms. The molecular formula is C13H20N4O3. The van der Waals surface area contributed by atoms with Crippen molar-refractivity contribution in [3.05, 3.63) is 18.2 Å². The normalized spacial score (nSPS) is 17.4. The third-order valence-electron chi connectivity index (χ3n) is 3.80. The van der Waals surface area contributed by atoms with E-state index in [4.69, 9.17) is 0 Å². The van der Waals surface area contributed by atoms with Crippen LogP contribution in [0.1, 0.15) is 37.9 Å². The first-order chi connectivity index (χ1) is 9.53. The fourth-order valence-corrected chi connectivity index (χ4v) is 2.54. The Morgan fingerprint density at radius 1 is 1.40 bits per heavy atom. The second-order valence-corrected chi connectivity index (χ2v) is 5.21. The van der Waals surface area contributed by atoms with Gasteiger partial charge in [-0.2, -0.15) is 0 Å². The van der Waals surface area contributed by atoms with Crippen molar-refractivity contribution in [2.24, 2.45) is 7.05 Å². The molecule has 1 saturated carbocycles. The van der Waals surface area contributed by atoms with Gasteiger partial charge in [-0.25, -0.2) is 14.6 Å². The number of imidazole rings is 1. The van der Waals surface area contributed by atoms with Crippen LogP contribution in [0, 0.1) is 0 Å². The van der Waals surface area contributed by atoms with Crippen LogP contribution >= 0.6 is 0 Å². The van der Waals surface area contributed by atoms with E-state index in [0.717, 1.165) is 19.3 Å². The maximum atomic E-state index is 11.9. The number of carboxylic acids is 1. The van der Waals surface area contributed by atoms with Gasteiger partial charge in [-0.1, -0.05) is 19.3 Å². The van der Waals surface area contributed by atoms with Crippen LogP contribution in [0.2, 0.25) is 0 Å². The zero-order chi connectivity index (χ0) is 14.6. The van der Waals surface area contributed by atoms with Gasteiger partial charge in [0.2, 0.25) is 0 Å². The molecule has 0 radical (unpaired) electrons. The molecule has 1 aliphatic rings. The Labute approximate surface area is 117 Å². The minimum absolute atomic E-state index is 0.269. The highest BCUT2D eigenvalue weighted by molar-refractivity contribution is 5.86. The first kappa shape index (κ1) is 14.4. The van der Waals surface area contributed by atoms with Gasteiger partial charge in [0.1, 0.15) is 11.4 Å². The maximum Gasteiger partial charge on any atom is 0.329 e. The molecule has 110 valence electrons. The van der Waals surface area contributed by atoms with Gasteiger partial charge in [0, 0.05) is 19.4 Å². The number of hydrogen-bond acceptors (Lipinski definition) is 3. The number of nitrogens with zero attached hydrogens (tertiary/aromatic N) is 2. The molecule has 2 rings (SSSR count). The average Bonchev–Trinajstić information content (AvgIpc) is 2.83.